The molecule has 0 aliphatic heterocycles. The number of amidine groups is 1. The van der Waals surface area contributed by atoms with Crippen LogP contribution in [0.1, 0.15) is 11.1 Å². The van der Waals surface area contributed by atoms with Gasteiger partial charge in [0.05, 0.1) is 0 Å². The highest BCUT2D eigenvalue weighted by Crippen LogP contribution is 2.20. The molecule has 2 aromatic carbocycles. The molecule has 96 valence electrons. The SMILES string of the molecule is N/C(=N\C(=C(/N)Cl)c1ccccc1)c1ccccc1. The second-order valence-electron chi connectivity index (χ2n) is 3.93. The van der Waals surface area contributed by atoms with Crippen molar-refractivity contribution in [2.75, 3.05) is 0 Å². The van der Waals surface area contributed by atoms with Crippen LogP contribution < -0.4 is 11.5 Å². The highest BCUT2D eigenvalue weighted by molar-refractivity contribution is 6.32. The predicted molar refractivity (Wildman–Crippen MR) is 80.6 cm³/mol. The number of nitrogens with two attached hydrogens (primary N) is 2. The number of nitrogens with zero attached hydrogens (tertiary/aromatic N) is 1. The van der Waals surface area contributed by atoms with Crippen molar-refractivity contribution in [2.45, 2.75) is 0 Å². The van der Waals surface area contributed by atoms with Crippen LogP contribution in [0, 0.1) is 0 Å². The van der Waals surface area contributed by atoms with Crippen molar-refractivity contribution in [1.29, 1.82) is 0 Å². The van der Waals surface area contributed by atoms with Gasteiger partial charge in [0.1, 0.15) is 16.7 Å². The van der Waals surface area contributed by atoms with Gasteiger partial charge in [-0.3, -0.25) is 0 Å². The summed E-state index contributed by atoms with van der Waals surface area (Å²) in [6.07, 6.45) is 0. The Bertz CT molecular complexity index is 600. The van der Waals surface area contributed by atoms with E-state index in [2.05, 4.69) is 4.99 Å². The molecular formula is C15H14ClN3. The lowest BCUT2D eigenvalue weighted by molar-refractivity contribution is 1.40. The van der Waals surface area contributed by atoms with Crippen LogP contribution in [-0.2, 0) is 0 Å². The first-order valence-electron chi connectivity index (χ1n) is 5.78. The lowest BCUT2D eigenvalue weighted by atomic mass is 10.1. The molecule has 0 amide bonds. The first-order valence-corrected chi connectivity index (χ1v) is 6.16. The zero-order chi connectivity index (χ0) is 13.7. The fourth-order valence-corrected chi connectivity index (χ4v) is 1.80. The molecule has 0 aliphatic carbocycles. The van der Waals surface area contributed by atoms with E-state index in [9.17, 15) is 0 Å². The molecule has 0 heterocycles. The topological polar surface area (TPSA) is 64.4 Å². The van der Waals surface area contributed by atoms with Crippen molar-refractivity contribution in [3.8, 4) is 0 Å². The van der Waals surface area contributed by atoms with E-state index in [1.165, 1.54) is 0 Å². The molecule has 2 rings (SSSR count). The van der Waals surface area contributed by atoms with Crippen molar-refractivity contribution in [1.82, 2.24) is 0 Å². The molecule has 0 saturated carbocycles. The Morgan fingerprint density at radius 1 is 0.789 bits per heavy atom. The average Bonchev–Trinajstić information content (AvgIpc) is 2.46. The van der Waals surface area contributed by atoms with Crippen LogP contribution >= 0.6 is 11.6 Å². The summed E-state index contributed by atoms with van der Waals surface area (Å²) in [6, 6.07) is 18.9. The lowest BCUT2D eigenvalue weighted by Crippen LogP contribution is -2.13. The molecule has 3 nitrogen and oxygen atoms in total. The summed E-state index contributed by atoms with van der Waals surface area (Å²) in [5, 5.41) is 0.116. The number of hydrogen-bond donors (Lipinski definition) is 2. The molecule has 0 atom stereocenters. The van der Waals surface area contributed by atoms with E-state index in [4.69, 9.17) is 23.1 Å². The van der Waals surface area contributed by atoms with Crippen LogP contribution in [0.5, 0.6) is 0 Å². The summed E-state index contributed by atoms with van der Waals surface area (Å²) in [5.41, 5.74) is 13.8. The number of hydrogen-bond acceptors (Lipinski definition) is 2. The third-order valence-electron chi connectivity index (χ3n) is 2.58. The highest BCUT2D eigenvalue weighted by atomic mass is 35.5. The Kier molecular flexibility index (Phi) is 4.21. The first-order chi connectivity index (χ1) is 9.18. The van der Waals surface area contributed by atoms with Gasteiger partial charge < -0.3 is 11.5 Å². The molecule has 0 aromatic heterocycles. The number of halogens is 1. The Morgan fingerprint density at radius 2 is 1.26 bits per heavy atom. The van der Waals surface area contributed by atoms with Crippen LogP contribution in [0.25, 0.3) is 5.70 Å². The largest absolute Gasteiger partial charge is 0.388 e. The summed E-state index contributed by atoms with van der Waals surface area (Å²) >= 11 is 5.90. The maximum absolute atomic E-state index is 5.97. The third kappa shape index (κ3) is 3.36. The second kappa shape index (κ2) is 6.07. The highest BCUT2D eigenvalue weighted by Gasteiger charge is 2.06. The maximum Gasteiger partial charge on any atom is 0.131 e. The molecule has 0 saturated heterocycles. The summed E-state index contributed by atoms with van der Waals surface area (Å²) in [6.45, 7) is 0. The van der Waals surface area contributed by atoms with Gasteiger partial charge in [-0.25, -0.2) is 4.99 Å². The Hall–Kier alpha value is -2.26. The number of aliphatic imine (C=N–C) groups is 1. The van der Waals surface area contributed by atoms with Gasteiger partial charge in [0.15, 0.2) is 0 Å². The van der Waals surface area contributed by atoms with Crippen molar-refractivity contribution in [3.63, 3.8) is 0 Å². The summed E-state index contributed by atoms with van der Waals surface area (Å²) in [4.78, 5) is 4.33. The Balaban J connectivity index is 2.41. The third-order valence-corrected chi connectivity index (χ3v) is 2.75. The van der Waals surface area contributed by atoms with Gasteiger partial charge in [0.2, 0.25) is 0 Å². The van der Waals surface area contributed by atoms with E-state index in [0.29, 0.717) is 11.5 Å². The second-order valence-corrected chi connectivity index (χ2v) is 4.33. The quantitative estimate of drug-likeness (QED) is 0.512. The molecule has 0 bridgehead atoms. The van der Waals surface area contributed by atoms with Gasteiger partial charge in [-0.05, 0) is 0 Å². The fourth-order valence-electron chi connectivity index (χ4n) is 1.65. The minimum Gasteiger partial charge on any atom is -0.388 e. The normalized spacial score (nSPS) is 13.0. The van der Waals surface area contributed by atoms with E-state index in [1.54, 1.807) is 0 Å². The zero-order valence-electron chi connectivity index (χ0n) is 10.3. The lowest BCUT2D eigenvalue weighted by Gasteiger charge is -2.06. The molecule has 0 aliphatic rings. The molecule has 4 N–H and O–H groups in total. The maximum atomic E-state index is 5.97. The summed E-state index contributed by atoms with van der Waals surface area (Å²) < 4.78 is 0. The van der Waals surface area contributed by atoms with E-state index in [-0.39, 0.29) is 5.16 Å². The van der Waals surface area contributed by atoms with E-state index in [0.717, 1.165) is 11.1 Å². The van der Waals surface area contributed by atoms with E-state index >= 15 is 0 Å². The Labute approximate surface area is 117 Å². The van der Waals surface area contributed by atoms with Crippen LogP contribution in [0.2, 0.25) is 0 Å². The number of benzene rings is 2. The molecule has 0 unspecified atom stereocenters. The predicted octanol–water partition coefficient (Wildman–Crippen LogP) is 2.92. The smallest absolute Gasteiger partial charge is 0.131 e. The molecule has 19 heavy (non-hydrogen) atoms. The van der Waals surface area contributed by atoms with Gasteiger partial charge in [0.25, 0.3) is 0 Å². The van der Waals surface area contributed by atoms with Crippen LogP contribution in [-0.4, -0.2) is 5.84 Å². The molecule has 0 spiro atoms. The van der Waals surface area contributed by atoms with Gasteiger partial charge in [-0.15, -0.1) is 0 Å². The number of rotatable bonds is 3. The molecule has 4 heteroatoms. The Morgan fingerprint density at radius 3 is 1.74 bits per heavy atom. The van der Waals surface area contributed by atoms with Crippen molar-refractivity contribution < 1.29 is 0 Å². The molecule has 0 fully saturated rings. The van der Waals surface area contributed by atoms with Crippen LogP contribution in [0.15, 0.2) is 70.8 Å². The first kappa shape index (κ1) is 13.2. The summed E-state index contributed by atoms with van der Waals surface area (Å²) in [7, 11) is 0. The summed E-state index contributed by atoms with van der Waals surface area (Å²) in [5.74, 6) is 0.378. The molecular weight excluding hydrogens is 258 g/mol. The molecule has 0 radical (unpaired) electrons. The van der Waals surface area contributed by atoms with E-state index in [1.807, 2.05) is 60.7 Å². The standard InChI is InChI=1S/C15H14ClN3/c16-14(17)13(11-7-3-1-4-8-11)19-15(18)12-9-5-2-6-10-12/h1-10H,17H2,(H2,18,19)/b14-13-. The van der Waals surface area contributed by atoms with Gasteiger partial charge in [-0.2, -0.15) is 0 Å². The van der Waals surface area contributed by atoms with Crippen LogP contribution in [0.4, 0.5) is 0 Å². The van der Waals surface area contributed by atoms with E-state index < -0.39 is 0 Å². The van der Waals surface area contributed by atoms with Crippen molar-refractivity contribution >= 4 is 23.1 Å². The minimum atomic E-state index is 0.116. The van der Waals surface area contributed by atoms with Crippen molar-refractivity contribution in [3.05, 3.63) is 76.9 Å². The van der Waals surface area contributed by atoms with Gasteiger partial charge in [-0.1, -0.05) is 72.3 Å². The zero-order valence-corrected chi connectivity index (χ0v) is 11.0. The monoisotopic (exact) mass is 271 g/mol. The minimum absolute atomic E-state index is 0.116. The van der Waals surface area contributed by atoms with Crippen LogP contribution in [0.3, 0.4) is 0 Å². The van der Waals surface area contributed by atoms with Crippen molar-refractivity contribution in [2.24, 2.45) is 16.5 Å². The molecule has 2 aromatic rings. The average molecular weight is 272 g/mol. The fraction of sp³-hybridized carbons (Fsp3) is 0. The van der Waals surface area contributed by atoms with Gasteiger partial charge >= 0.3 is 0 Å². The van der Waals surface area contributed by atoms with Gasteiger partial charge in [0, 0.05) is 11.1 Å².